The summed E-state index contributed by atoms with van der Waals surface area (Å²) in [5.74, 6) is 0.464. The van der Waals surface area contributed by atoms with E-state index in [0.717, 1.165) is 11.1 Å². The molecule has 1 saturated heterocycles. The average molecular weight is 576 g/mol. The standard InChI is InChI=1S/C26H23BrO6S2/c1-14-11-16(7-9-19(14)28)24-22-13-23(35(31,32)33-21-6-4-3-5-18(21)27)26(34(22)30)25(24)17-8-10-20(29)15(2)12-17/h3-12,22-23,26,28-29H,13H2,1-2H3/t22-,23-,26+,34?/m0/s1. The van der Waals surface area contributed by atoms with E-state index in [1.807, 2.05) is 6.07 Å². The molecule has 0 radical (unpaired) electrons. The van der Waals surface area contributed by atoms with E-state index in [1.165, 1.54) is 0 Å². The molecule has 6 nitrogen and oxygen atoms in total. The molecule has 35 heavy (non-hydrogen) atoms. The number of fused-ring (bicyclic) bond motifs is 2. The third-order valence-electron chi connectivity index (χ3n) is 6.64. The van der Waals surface area contributed by atoms with Crippen molar-refractivity contribution in [2.75, 3.05) is 0 Å². The number of phenolic OH excluding ortho intramolecular Hbond substituents is 2. The van der Waals surface area contributed by atoms with E-state index in [-0.39, 0.29) is 23.7 Å². The van der Waals surface area contributed by atoms with Gasteiger partial charge in [0.05, 0.1) is 15.0 Å². The Bertz CT molecular complexity index is 1510. The first kappa shape index (κ1) is 24.1. The molecule has 0 aliphatic carbocycles. The number of aromatic hydroxyl groups is 2. The zero-order valence-corrected chi connectivity index (χ0v) is 22.2. The largest absolute Gasteiger partial charge is 0.508 e. The van der Waals surface area contributed by atoms with Crippen LogP contribution in [0.4, 0.5) is 0 Å². The lowest BCUT2D eigenvalue weighted by Gasteiger charge is -2.26. The minimum Gasteiger partial charge on any atom is -0.508 e. The summed E-state index contributed by atoms with van der Waals surface area (Å²) in [7, 11) is -5.62. The predicted octanol–water partition coefficient (Wildman–Crippen LogP) is 5.07. The Morgan fingerprint density at radius 1 is 0.914 bits per heavy atom. The van der Waals surface area contributed by atoms with Crippen LogP contribution in [0.5, 0.6) is 17.2 Å². The zero-order chi connectivity index (χ0) is 25.1. The Balaban J connectivity index is 1.66. The van der Waals surface area contributed by atoms with Crippen LogP contribution in [0.1, 0.15) is 28.7 Å². The highest BCUT2D eigenvalue weighted by molar-refractivity contribution is 9.10. The summed E-state index contributed by atoms with van der Waals surface area (Å²) >= 11 is 3.32. The molecule has 9 heteroatoms. The fraction of sp³-hybridized carbons (Fsp3) is 0.231. The van der Waals surface area contributed by atoms with E-state index in [4.69, 9.17) is 4.18 Å². The fourth-order valence-corrected chi connectivity index (χ4v) is 9.76. The number of benzene rings is 3. The highest BCUT2D eigenvalue weighted by Gasteiger charge is 2.57. The van der Waals surface area contributed by atoms with E-state index in [2.05, 4.69) is 15.9 Å². The second-order valence-corrected chi connectivity index (χ2v) is 13.2. The summed E-state index contributed by atoms with van der Waals surface area (Å²) in [6.07, 6.45) is 0.167. The second-order valence-electron chi connectivity index (χ2n) is 8.85. The van der Waals surface area contributed by atoms with Crippen LogP contribution in [0.2, 0.25) is 0 Å². The highest BCUT2D eigenvalue weighted by Crippen LogP contribution is 2.53. The molecule has 2 bridgehead atoms. The average Bonchev–Trinajstić information content (AvgIpc) is 3.29. The van der Waals surface area contributed by atoms with Gasteiger partial charge in [-0.1, -0.05) is 24.3 Å². The highest BCUT2D eigenvalue weighted by atomic mass is 79.9. The third kappa shape index (κ3) is 4.09. The lowest BCUT2D eigenvalue weighted by atomic mass is 9.83. The molecule has 0 saturated carbocycles. The van der Waals surface area contributed by atoms with Crippen LogP contribution in [-0.2, 0) is 20.9 Å². The van der Waals surface area contributed by atoms with Crippen molar-refractivity contribution in [2.24, 2.45) is 0 Å². The Hall–Kier alpha value is -2.62. The molecular formula is C26H23BrO6S2. The van der Waals surface area contributed by atoms with Crippen molar-refractivity contribution in [3.05, 3.63) is 87.4 Å². The SMILES string of the molecule is Cc1cc(C2=C(c3ccc(O)c(C)c3)[C@H]3[C@@H](S(=O)(=O)Oc4ccccc4Br)C[C@@H]2S3=O)ccc1O. The summed E-state index contributed by atoms with van der Waals surface area (Å²) in [4.78, 5) is 0. The van der Waals surface area contributed by atoms with Gasteiger partial charge in [0.2, 0.25) is 0 Å². The number of halogens is 1. The minimum absolute atomic E-state index is 0.127. The maximum atomic E-state index is 13.7. The Morgan fingerprint density at radius 2 is 1.49 bits per heavy atom. The van der Waals surface area contributed by atoms with Gasteiger partial charge >= 0.3 is 10.1 Å². The van der Waals surface area contributed by atoms with Crippen LogP contribution in [0.25, 0.3) is 11.1 Å². The summed E-state index contributed by atoms with van der Waals surface area (Å²) < 4.78 is 46.6. The first-order valence-electron chi connectivity index (χ1n) is 11.0. The summed E-state index contributed by atoms with van der Waals surface area (Å²) in [5, 5.41) is 17.8. The zero-order valence-electron chi connectivity index (χ0n) is 18.9. The van der Waals surface area contributed by atoms with Crippen LogP contribution in [-0.4, -0.2) is 38.6 Å². The monoisotopic (exact) mass is 574 g/mol. The molecule has 4 atom stereocenters. The molecule has 0 amide bonds. The van der Waals surface area contributed by atoms with E-state index < -0.39 is 36.7 Å². The van der Waals surface area contributed by atoms with Crippen molar-refractivity contribution >= 4 is 48.0 Å². The number of hydrogen-bond acceptors (Lipinski definition) is 6. The topological polar surface area (TPSA) is 101 Å². The van der Waals surface area contributed by atoms with Gasteiger partial charge in [-0.15, -0.1) is 0 Å². The molecule has 0 aromatic heterocycles. The lowest BCUT2D eigenvalue weighted by Crippen LogP contribution is -2.36. The van der Waals surface area contributed by atoms with Crippen molar-refractivity contribution in [1.29, 1.82) is 0 Å². The summed E-state index contributed by atoms with van der Waals surface area (Å²) in [6.45, 7) is 3.55. The maximum Gasteiger partial charge on any atom is 0.313 e. The molecule has 2 aliphatic heterocycles. The van der Waals surface area contributed by atoms with E-state index in [1.54, 1.807) is 68.4 Å². The minimum atomic E-state index is -4.13. The Morgan fingerprint density at radius 3 is 2.06 bits per heavy atom. The van der Waals surface area contributed by atoms with Crippen molar-refractivity contribution in [3.8, 4) is 17.2 Å². The van der Waals surface area contributed by atoms with Gasteiger partial charge in [-0.05, 0) is 106 Å². The normalized spacial score (nSPS) is 23.6. The first-order valence-corrected chi connectivity index (χ1v) is 14.5. The van der Waals surface area contributed by atoms with Gasteiger partial charge in [-0.3, -0.25) is 4.21 Å². The molecule has 1 unspecified atom stereocenters. The van der Waals surface area contributed by atoms with Gasteiger partial charge in [0.1, 0.15) is 16.7 Å². The lowest BCUT2D eigenvalue weighted by molar-refractivity contribution is 0.467. The number of phenols is 2. The van der Waals surface area contributed by atoms with Crippen LogP contribution in [0, 0.1) is 13.8 Å². The first-order chi connectivity index (χ1) is 16.6. The smallest absolute Gasteiger partial charge is 0.313 e. The predicted molar refractivity (Wildman–Crippen MR) is 140 cm³/mol. The number of aryl methyl sites for hydroxylation is 2. The van der Waals surface area contributed by atoms with Crippen LogP contribution in [0.3, 0.4) is 0 Å². The van der Waals surface area contributed by atoms with Crippen molar-refractivity contribution in [3.63, 3.8) is 0 Å². The molecule has 3 aromatic carbocycles. The van der Waals surface area contributed by atoms with E-state index >= 15 is 0 Å². The van der Waals surface area contributed by atoms with Gasteiger partial charge in [-0.2, -0.15) is 8.42 Å². The van der Waals surface area contributed by atoms with Gasteiger partial charge in [0.15, 0.2) is 5.75 Å². The number of para-hydroxylation sites is 1. The molecule has 2 aliphatic rings. The molecular weight excluding hydrogens is 552 g/mol. The van der Waals surface area contributed by atoms with Gasteiger partial charge in [0, 0.05) is 10.8 Å². The summed E-state index contributed by atoms with van der Waals surface area (Å²) in [5.41, 5.74) is 4.30. The Kier molecular flexibility index (Phi) is 6.05. The maximum absolute atomic E-state index is 13.7. The van der Waals surface area contributed by atoms with Gasteiger partial charge in [-0.25, -0.2) is 0 Å². The molecule has 1 fully saturated rings. The molecule has 5 rings (SSSR count). The number of rotatable bonds is 5. The van der Waals surface area contributed by atoms with Crippen LogP contribution >= 0.6 is 15.9 Å². The van der Waals surface area contributed by atoms with E-state index in [0.29, 0.717) is 26.7 Å². The molecule has 3 aromatic rings. The third-order valence-corrected chi connectivity index (χ3v) is 11.1. The molecule has 2 heterocycles. The second kappa shape index (κ2) is 8.80. The van der Waals surface area contributed by atoms with Crippen molar-refractivity contribution in [1.82, 2.24) is 0 Å². The summed E-state index contributed by atoms with van der Waals surface area (Å²) in [6, 6.07) is 17.0. The van der Waals surface area contributed by atoms with Crippen LogP contribution < -0.4 is 4.18 Å². The molecule has 182 valence electrons. The van der Waals surface area contributed by atoms with Gasteiger partial charge < -0.3 is 14.4 Å². The quantitative estimate of drug-likeness (QED) is 0.413. The Labute approximate surface area is 215 Å². The van der Waals surface area contributed by atoms with Crippen molar-refractivity contribution in [2.45, 2.75) is 36.0 Å². The van der Waals surface area contributed by atoms with E-state index in [9.17, 15) is 22.8 Å². The van der Waals surface area contributed by atoms with Gasteiger partial charge in [0.25, 0.3) is 0 Å². The molecule has 0 spiro atoms. The molecule has 2 N–H and O–H groups in total. The van der Waals surface area contributed by atoms with Crippen LogP contribution in [0.15, 0.2) is 65.1 Å². The fourth-order valence-electron chi connectivity index (χ4n) is 4.89. The number of hydrogen-bond donors (Lipinski definition) is 2. The van der Waals surface area contributed by atoms with Crippen molar-refractivity contribution < 1.29 is 27.0 Å².